The number of benzene rings is 1. The second-order valence-electron chi connectivity index (χ2n) is 12.5. The van der Waals surface area contributed by atoms with Gasteiger partial charge in [-0.25, -0.2) is 4.79 Å². The quantitative estimate of drug-likeness (QED) is 0.160. The van der Waals surface area contributed by atoms with E-state index in [9.17, 15) is 14.9 Å². The molecule has 7 heteroatoms. The summed E-state index contributed by atoms with van der Waals surface area (Å²) in [4.78, 5) is 25.4. The van der Waals surface area contributed by atoms with Crippen LogP contribution in [0, 0.1) is 44.6 Å². The van der Waals surface area contributed by atoms with Crippen LogP contribution in [0.25, 0.3) is 0 Å². The molecule has 1 aromatic rings. The van der Waals surface area contributed by atoms with Crippen molar-refractivity contribution in [3.05, 3.63) is 46.0 Å². The molecule has 1 heterocycles. The molecule has 0 radical (unpaired) electrons. The number of hydrogen-bond donors (Lipinski definition) is 0. The SMILES string of the molecule is C[C@H]1[C@H]2CC[C@H]3[C@@H]4CC=C5C[C@@H](OC(=O)Oc6ccc([N+](=O)[O-])cc6)CC[C@]5(C)[C@H]4CC[C@]23CN1C. The molecule has 0 N–H and O–H groups in total. The zero-order chi connectivity index (χ0) is 25.2. The van der Waals surface area contributed by atoms with Crippen molar-refractivity contribution in [3.8, 4) is 5.75 Å². The summed E-state index contributed by atoms with van der Waals surface area (Å²) in [5.74, 6) is 3.51. The Balaban J connectivity index is 1.12. The van der Waals surface area contributed by atoms with E-state index in [2.05, 4.69) is 31.9 Å². The fourth-order valence-electron chi connectivity index (χ4n) is 9.42. The topological polar surface area (TPSA) is 81.9 Å². The average molecular weight is 495 g/mol. The van der Waals surface area contributed by atoms with Crippen LogP contribution in [-0.4, -0.2) is 41.7 Å². The van der Waals surface area contributed by atoms with Crippen LogP contribution in [0.3, 0.4) is 0 Å². The Labute approximate surface area is 213 Å². The molecule has 1 aliphatic heterocycles. The van der Waals surface area contributed by atoms with Crippen molar-refractivity contribution >= 4 is 11.8 Å². The van der Waals surface area contributed by atoms with Gasteiger partial charge in [-0.1, -0.05) is 18.6 Å². The maximum absolute atomic E-state index is 12.4. The summed E-state index contributed by atoms with van der Waals surface area (Å²) in [6, 6.07) is 6.21. The average Bonchev–Trinajstić information content (AvgIpc) is 3.33. The van der Waals surface area contributed by atoms with Crippen molar-refractivity contribution in [2.24, 2.45) is 34.5 Å². The molecule has 1 aromatic carbocycles. The molecule has 1 spiro atoms. The number of ether oxygens (including phenoxy) is 2. The molecular weight excluding hydrogens is 456 g/mol. The molecule has 8 atom stereocenters. The van der Waals surface area contributed by atoms with Crippen molar-refractivity contribution in [1.29, 1.82) is 0 Å². The maximum Gasteiger partial charge on any atom is 0.514 e. The minimum absolute atomic E-state index is 0.0407. The number of non-ortho nitro benzene ring substituents is 1. The molecule has 7 nitrogen and oxygen atoms in total. The lowest BCUT2D eigenvalue weighted by Crippen LogP contribution is -2.51. The summed E-state index contributed by atoms with van der Waals surface area (Å²) in [6.45, 7) is 6.21. The van der Waals surface area contributed by atoms with Crippen LogP contribution in [0.4, 0.5) is 10.5 Å². The second-order valence-corrected chi connectivity index (χ2v) is 12.5. The van der Waals surface area contributed by atoms with Gasteiger partial charge in [-0.2, -0.15) is 0 Å². The minimum Gasteiger partial charge on any atom is -0.430 e. The molecular formula is C29H38N2O5. The van der Waals surface area contributed by atoms with Crippen LogP contribution in [0.2, 0.25) is 0 Å². The first kappa shape index (κ1) is 24.0. The predicted octanol–water partition coefficient (Wildman–Crippen LogP) is 6.37. The van der Waals surface area contributed by atoms with Crippen molar-refractivity contribution in [2.75, 3.05) is 13.6 Å². The second kappa shape index (κ2) is 8.57. The molecule has 4 fully saturated rings. The summed E-state index contributed by atoms with van der Waals surface area (Å²) in [5, 5.41) is 10.8. The van der Waals surface area contributed by atoms with Crippen LogP contribution in [-0.2, 0) is 4.74 Å². The van der Waals surface area contributed by atoms with Gasteiger partial charge >= 0.3 is 6.16 Å². The smallest absolute Gasteiger partial charge is 0.430 e. The monoisotopic (exact) mass is 494 g/mol. The first-order valence-corrected chi connectivity index (χ1v) is 13.7. The van der Waals surface area contributed by atoms with Crippen LogP contribution in [0.1, 0.15) is 65.2 Å². The van der Waals surface area contributed by atoms with Gasteiger partial charge in [-0.05, 0) is 106 Å². The third kappa shape index (κ3) is 3.60. The van der Waals surface area contributed by atoms with E-state index in [0.29, 0.717) is 5.41 Å². The van der Waals surface area contributed by atoms with Gasteiger partial charge in [-0.3, -0.25) is 10.1 Å². The Morgan fingerprint density at radius 3 is 2.58 bits per heavy atom. The number of rotatable bonds is 3. The molecule has 4 aliphatic carbocycles. The summed E-state index contributed by atoms with van der Waals surface area (Å²) in [7, 11) is 2.33. The van der Waals surface area contributed by atoms with Crippen LogP contribution in [0.5, 0.6) is 5.75 Å². The minimum atomic E-state index is -0.733. The number of hydrogen-bond acceptors (Lipinski definition) is 6. The number of likely N-dealkylation sites (tertiary alicyclic amines) is 1. The molecule has 1 saturated heterocycles. The fourth-order valence-corrected chi connectivity index (χ4v) is 9.42. The molecule has 194 valence electrons. The Morgan fingerprint density at radius 2 is 1.83 bits per heavy atom. The van der Waals surface area contributed by atoms with E-state index < -0.39 is 11.1 Å². The highest BCUT2D eigenvalue weighted by molar-refractivity contribution is 5.64. The standard InChI is InChI=1S/C29H38N2O5/c1-18-24-10-11-26-23-9-4-19-16-22(36-27(32)35-21-7-5-20(6-8-21)31(33)34)12-14-28(19,2)25(23)13-15-29(24,26)17-30(18)3/h4-8,18,22-26H,9-17H2,1-3H3/t18-,22-,23+,24+,25-,26-,28-,29-/m0/s1. The Hall–Kier alpha value is -2.41. The lowest BCUT2D eigenvalue weighted by atomic mass is 9.47. The first-order chi connectivity index (χ1) is 17.2. The van der Waals surface area contributed by atoms with Gasteiger partial charge in [0.05, 0.1) is 4.92 Å². The van der Waals surface area contributed by atoms with Gasteiger partial charge < -0.3 is 14.4 Å². The molecule has 6 rings (SSSR count). The number of nitro groups is 1. The van der Waals surface area contributed by atoms with Crippen LogP contribution in [0.15, 0.2) is 35.9 Å². The zero-order valence-corrected chi connectivity index (χ0v) is 21.7. The number of carbonyl (C=O) groups excluding carboxylic acids is 1. The zero-order valence-electron chi connectivity index (χ0n) is 21.7. The summed E-state index contributed by atoms with van der Waals surface area (Å²) in [5.41, 5.74) is 2.19. The Kier molecular flexibility index (Phi) is 5.71. The van der Waals surface area contributed by atoms with Crippen molar-refractivity contribution < 1.29 is 19.2 Å². The van der Waals surface area contributed by atoms with E-state index in [1.54, 1.807) is 0 Å². The van der Waals surface area contributed by atoms with E-state index in [-0.39, 0.29) is 23.0 Å². The van der Waals surface area contributed by atoms with Gasteiger partial charge in [0, 0.05) is 31.1 Å². The van der Waals surface area contributed by atoms with Gasteiger partial charge in [-0.15, -0.1) is 0 Å². The van der Waals surface area contributed by atoms with Crippen molar-refractivity contribution in [2.45, 2.75) is 77.4 Å². The van der Waals surface area contributed by atoms with Crippen molar-refractivity contribution in [1.82, 2.24) is 4.90 Å². The van der Waals surface area contributed by atoms with E-state index in [1.807, 2.05) is 0 Å². The molecule has 36 heavy (non-hydrogen) atoms. The summed E-state index contributed by atoms with van der Waals surface area (Å²) < 4.78 is 11.0. The summed E-state index contributed by atoms with van der Waals surface area (Å²) in [6.07, 6.45) is 11.0. The van der Waals surface area contributed by atoms with Gasteiger partial charge in [0.15, 0.2) is 0 Å². The van der Waals surface area contributed by atoms with Gasteiger partial charge in [0.2, 0.25) is 0 Å². The maximum atomic E-state index is 12.4. The van der Waals surface area contributed by atoms with E-state index >= 15 is 0 Å². The summed E-state index contributed by atoms with van der Waals surface area (Å²) >= 11 is 0. The highest BCUT2D eigenvalue weighted by Gasteiger charge is 2.64. The first-order valence-electron chi connectivity index (χ1n) is 13.7. The molecule has 5 aliphatic rings. The fraction of sp³-hybridized carbons (Fsp3) is 0.690. The molecule has 0 amide bonds. The highest BCUT2D eigenvalue weighted by Crippen LogP contribution is 2.68. The Morgan fingerprint density at radius 1 is 1.08 bits per heavy atom. The number of fused-ring (bicyclic) bond motifs is 4. The third-order valence-electron chi connectivity index (χ3n) is 11.2. The van der Waals surface area contributed by atoms with Crippen LogP contribution >= 0.6 is 0 Å². The number of allylic oxidation sites excluding steroid dienone is 1. The lowest BCUT2D eigenvalue weighted by molar-refractivity contribution is -0.384. The predicted molar refractivity (Wildman–Crippen MR) is 136 cm³/mol. The normalized spacial score (nSPS) is 41.4. The third-order valence-corrected chi connectivity index (χ3v) is 11.2. The number of carbonyl (C=O) groups is 1. The van der Waals surface area contributed by atoms with E-state index in [0.717, 1.165) is 49.0 Å². The largest absolute Gasteiger partial charge is 0.514 e. The number of nitro benzene ring substituents is 1. The highest BCUT2D eigenvalue weighted by atomic mass is 16.7. The molecule has 3 saturated carbocycles. The molecule has 0 unspecified atom stereocenters. The van der Waals surface area contributed by atoms with Crippen molar-refractivity contribution in [3.63, 3.8) is 0 Å². The van der Waals surface area contributed by atoms with E-state index in [1.165, 1.54) is 68.5 Å². The van der Waals surface area contributed by atoms with Gasteiger partial charge in [0.1, 0.15) is 11.9 Å². The lowest BCUT2D eigenvalue weighted by Gasteiger charge is -2.58. The molecule has 0 bridgehead atoms. The Bertz CT molecular complexity index is 1090. The molecule has 0 aromatic heterocycles. The number of nitrogens with zero attached hydrogens (tertiary/aromatic N) is 2. The van der Waals surface area contributed by atoms with E-state index in [4.69, 9.17) is 9.47 Å². The van der Waals surface area contributed by atoms with Gasteiger partial charge in [0.25, 0.3) is 5.69 Å². The van der Waals surface area contributed by atoms with Crippen LogP contribution < -0.4 is 4.74 Å².